The highest BCUT2D eigenvalue weighted by atomic mass is 32.2. The quantitative estimate of drug-likeness (QED) is 0.859. The van der Waals surface area contributed by atoms with Crippen molar-refractivity contribution in [2.24, 2.45) is 17.6 Å². The molecule has 0 amide bonds. The molecule has 1 unspecified atom stereocenters. The molecule has 1 aliphatic carbocycles. The van der Waals surface area contributed by atoms with Gasteiger partial charge in [-0.3, -0.25) is 0 Å². The molecule has 0 radical (unpaired) electrons. The van der Waals surface area contributed by atoms with Crippen LogP contribution in [-0.2, 0) is 10.0 Å². The number of rotatable bonds is 4. The van der Waals surface area contributed by atoms with Crippen molar-refractivity contribution in [1.82, 2.24) is 4.31 Å². The van der Waals surface area contributed by atoms with Crippen LogP contribution in [0.15, 0.2) is 0 Å². The number of halogens is 3. The number of fused-ring (bicyclic) bond motifs is 1. The summed E-state index contributed by atoms with van der Waals surface area (Å²) in [6, 6.07) is 0.129. The van der Waals surface area contributed by atoms with Gasteiger partial charge < -0.3 is 5.73 Å². The molecule has 0 spiro atoms. The molecular formula is C12H21F3N2O2S. The third kappa shape index (κ3) is 4.08. The summed E-state index contributed by atoms with van der Waals surface area (Å²) in [6.45, 7) is 0.873. The van der Waals surface area contributed by atoms with Crippen molar-refractivity contribution in [3.63, 3.8) is 0 Å². The number of sulfonamides is 1. The fraction of sp³-hybridized carbons (Fsp3) is 1.00. The zero-order valence-electron chi connectivity index (χ0n) is 11.3. The van der Waals surface area contributed by atoms with Crippen LogP contribution in [0.2, 0.25) is 0 Å². The maximum atomic E-state index is 12.1. The Labute approximate surface area is 117 Å². The Morgan fingerprint density at radius 2 is 1.80 bits per heavy atom. The molecule has 0 aromatic heterocycles. The van der Waals surface area contributed by atoms with Gasteiger partial charge >= 0.3 is 6.18 Å². The summed E-state index contributed by atoms with van der Waals surface area (Å²) >= 11 is 0. The first-order valence-electron chi connectivity index (χ1n) is 6.97. The molecule has 3 atom stereocenters. The smallest absolute Gasteiger partial charge is 0.328 e. The van der Waals surface area contributed by atoms with E-state index in [4.69, 9.17) is 5.73 Å². The molecule has 1 saturated heterocycles. The Kier molecular flexibility index (Phi) is 4.66. The normalized spacial score (nSPS) is 32.3. The standard InChI is InChI=1S/C12H21F3N2O2S/c13-12(14,15)4-1-5-20(18,19)17-7-9-2-3-11(16)6-10(9)8-17/h9-11H,1-8,16H2/t9-,10+,11?/m1/s1. The predicted molar refractivity (Wildman–Crippen MR) is 69.5 cm³/mol. The maximum Gasteiger partial charge on any atom is 0.389 e. The van der Waals surface area contributed by atoms with Crippen molar-refractivity contribution in [2.45, 2.75) is 44.3 Å². The van der Waals surface area contributed by atoms with E-state index in [0.29, 0.717) is 19.0 Å². The zero-order chi connectivity index (χ0) is 15.0. The first-order valence-corrected chi connectivity index (χ1v) is 8.58. The molecule has 2 fully saturated rings. The first-order chi connectivity index (χ1) is 9.17. The summed E-state index contributed by atoms with van der Waals surface area (Å²) in [5.74, 6) is 0.182. The van der Waals surface area contributed by atoms with Gasteiger partial charge in [-0.2, -0.15) is 13.2 Å². The van der Waals surface area contributed by atoms with E-state index in [-0.39, 0.29) is 18.4 Å². The molecule has 2 N–H and O–H groups in total. The highest BCUT2D eigenvalue weighted by Gasteiger charge is 2.41. The van der Waals surface area contributed by atoms with Crippen LogP contribution in [0.1, 0.15) is 32.1 Å². The minimum atomic E-state index is -4.29. The minimum absolute atomic E-state index is 0.129. The largest absolute Gasteiger partial charge is 0.389 e. The molecule has 0 bridgehead atoms. The van der Waals surface area contributed by atoms with Crippen molar-refractivity contribution >= 4 is 10.0 Å². The third-order valence-electron chi connectivity index (χ3n) is 4.31. The second-order valence-electron chi connectivity index (χ2n) is 5.95. The first kappa shape index (κ1) is 16.0. The van der Waals surface area contributed by atoms with Gasteiger partial charge in [-0.25, -0.2) is 12.7 Å². The van der Waals surface area contributed by atoms with Crippen LogP contribution in [0, 0.1) is 11.8 Å². The van der Waals surface area contributed by atoms with E-state index in [1.807, 2.05) is 0 Å². The number of hydrogen-bond acceptors (Lipinski definition) is 3. The van der Waals surface area contributed by atoms with E-state index < -0.39 is 28.4 Å². The Hall–Kier alpha value is -0.340. The third-order valence-corrected chi connectivity index (χ3v) is 6.20. The van der Waals surface area contributed by atoms with E-state index in [1.54, 1.807) is 0 Å². The fourth-order valence-corrected chi connectivity index (χ4v) is 4.84. The van der Waals surface area contributed by atoms with Crippen molar-refractivity contribution in [3.8, 4) is 0 Å². The SMILES string of the molecule is NC1CC[C@@H]2CN(S(=O)(=O)CCCC(F)(F)F)C[C@@H]2C1. The Morgan fingerprint density at radius 3 is 2.45 bits per heavy atom. The van der Waals surface area contributed by atoms with Crippen LogP contribution in [0.3, 0.4) is 0 Å². The van der Waals surface area contributed by atoms with Gasteiger partial charge in [0, 0.05) is 25.6 Å². The van der Waals surface area contributed by atoms with E-state index in [1.165, 1.54) is 4.31 Å². The van der Waals surface area contributed by atoms with E-state index in [0.717, 1.165) is 19.3 Å². The summed E-state index contributed by atoms with van der Waals surface area (Å²) < 4.78 is 61.7. The molecule has 1 heterocycles. The number of nitrogens with zero attached hydrogens (tertiary/aromatic N) is 1. The molecule has 0 aromatic carbocycles. The van der Waals surface area contributed by atoms with Gasteiger partial charge in [0.2, 0.25) is 10.0 Å². The lowest BCUT2D eigenvalue weighted by Gasteiger charge is -2.28. The summed E-state index contributed by atoms with van der Waals surface area (Å²) in [4.78, 5) is 0. The van der Waals surface area contributed by atoms with Crippen molar-refractivity contribution < 1.29 is 21.6 Å². The van der Waals surface area contributed by atoms with E-state index in [9.17, 15) is 21.6 Å². The van der Waals surface area contributed by atoms with Crippen molar-refractivity contribution in [1.29, 1.82) is 0 Å². The molecule has 1 aliphatic heterocycles. The van der Waals surface area contributed by atoms with Crippen LogP contribution in [0.5, 0.6) is 0 Å². The zero-order valence-corrected chi connectivity index (χ0v) is 12.1. The Balaban J connectivity index is 1.88. The average molecular weight is 314 g/mol. The van der Waals surface area contributed by atoms with Gasteiger partial charge in [-0.1, -0.05) is 0 Å². The molecule has 2 rings (SSSR count). The summed E-state index contributed by atoms with van der Waals surface area (Å²) in [5.41, 5.74) is 5.88. The van der Waals surface area contributed by atoms with Crippen LogP contribution < -0.4 is 5.73 Å². The van der Waals surface area contributed by atoms with Crippen LogP contribution in [0.4, 0.5) is 13.2 Å². The number of nitrogens with two attached hydrogens (primary N) is 1. The lowest BCUT2D eigenvalue weighted by molar-refractivity contribution is -0.134. The molecule has 2 aliphatic rings. The molecule has 20 heavy (non-hydrogen) atoms. The number of hydrogen-bond donors (Lipinski definition) is 1. The van der Waals surface area contributed by atoms with E-state index in [2.05, 4.69) is 0 Å². The second kappa shape index (κ2) is 5.81. The topological polar surface area (TPSA) is 63.4 Å². The Bertz CT molecular complexity index is 438. The van der Waals surface area contributed by atoms with Gasteiger partial charge in [0.15, 0.2) is 0 Å². The molecule has 1 saturated carbocycles. The van der Waals surface area contributed by atoms with Gasteiger partial charge in [0.1, 0.15) is 0 Å². The summed E-state index contributed by atoms with van der Waals surface area (Å²) in [7, 11) is -3.57. The average Bonchev–Trinajstić information content (AvgIpc) is 2.70. The fourth-order valence-electron chi connectivity index (χ4n) is 3.24. The van der Waals surface area contributed by atoms with Crippen molar-refractivity contribution in [2.75, 3.05) is 18.8 Å². The highest BCUT2D eigenvalue weighted by molar-refractivity contribution is 7.89. The van der Waals surface area contributed by atoms with Gasteiger partial charge in [0.25, 0.3) is 0 Å². The highest BCUT2D eigenvalue weighted by Crippen LogP contribution is 2.37. The molecular weight excluding hydrogens is 293 g/mol. The lowest BCUT2D eigenvalue weighted by atomic mass is 9.79. The van der Waals surface area contributed by atoms with Gasteiger partial charge in [-0.05, 0) is 37.5 Å². The van der Waals surface area contributed by atoms with Gasteiger partial charge in [-0.15, -0.1) is 0 Å². The molecule has 4 nitrogen and oxygen atoms in total. The summed E-state index contributed by atoms with van der Waals surface area (Å²) in [6.07, 6.45) is -3.06. The Morgan fingerprint density at radius 1 is 1.15 bits per heavy atom. The monoisotopic (exact) mass is 314 g/mol. The summed E-state index contributed by atoms with van der Waals surface area (Å²) in [5, 5.41) is 0. The molecule has 118 valence electrons. The van der Waals surface area contributed by atoms with E-state index >= 15 is 0 Å². The number of alkyl halides is 3. The molecule has 8 heteroatoms. The van der Waals surface area contributed by atoms with Crippen LogP contribution in [-0.4, -0.2) is 43.8 Å². The predicted octanol–water partition coefficient (Wildman–Crippen LogP) is 1.72. The van der Waals surface area contributed by atoms with Gasteiger partial charge in [0.05, 0.1) is 5.75 Å². The maximum absolute atomic E-state index is 12.1. The second-order valence-corrected chi connectivity index (χ2v) is 8.03. The molecule has 0 aromatic rings. The lowest BCUT2D eigenvalue weighted by Crippen LogP contribution is -2.33. The van der Waals surface area contributed by atoms with Crippen LogP contribution in [0.25, 0.3) is 0 Å². The minimum Gasteiger partial charge on any atom is -0.328 e. The van der Waals surface area contributed by atoms with Crippen molar-refractivity contribution in [3.05, 3.63) is 0 Å². The van der Waals surface area contributed by atoms with Crippen LogP contribution >= 0.6 is 0 Å².